The van der Waals surface area contributed by atoms with Gasteiger partial charge in [-0.15, -0.1) is 0 Å². The fourth-order valence-corrected chi connectivity index (χ4v) is 5.33. The van der Waals surface area contributed by atoms with E-state index in [1.807, 2.05) is 0 Å². The van der Waals surface area contributed by atoms with Crippen LogP contribution >= 0.6 is 0 Å². The summed E-state index contributed by atoms with van der Waals surface area (Å²) in [4.78, 5) is 0. The number of hydrogen-bond acceptors (Lipinski definition) is 1. The van der Waals surface area contributed by atoms with Gasteiger partial charge in [-0.05, 0) is 61.8 Å². The maximum absolute atomic E-state index is 8.71. The van der Waals surface area contributed by atoms with E-state index in [9.17, 15) is 0 Å². The van der Waals surface area contributed by atoms with E-state index >= 15 is 0 Å². The van der Waals surface area contributed by atoms with Crippen molar-refractivity contribution in [2.24, 2.45) is 23.2 Å². The van der Waals surface area contributed by atoms with Crippen molar-refractivity contribution in [3.63, 3.8) is 0 Å². The van der Waals surface area contributed by atoms with Crippen LogP contribution in [-0.2, 0) is 0 Å². The largest absolute Gasteiger partial charge is 0.304 e. The lowest BCUT2D eigenvalue weighted by molar-refractivity contribution is -0.0123. The molecule has 0 radical (unpaired) electrons. The van der Waals surface area contributed by atoms with Crippen LogP contribution < -0.4 is 0 Å². The van der Waals surface area contributed by atoms with Crippen LogP contribution in [0.5, 0.6) is 0 Å². The van der Waals surface area contributed by atoms with Crippen molar-refractivity contribution in [2.75, 3.05) is 0 Å². The highest BCUT2D eigenvalue weighted by Crippen LogP contribution is 2.60. The first-order valence-electron chi connectivity index (χ1n) is 7.40. The molecule has 0 aromatic heterocycles. The van der Waals surface area contributed by atoms with Crippen LogP contribution in [0, 0.1) is 28.6 Å². The number of rotatable bonds is 2. The summed E-state index contributed by atoms with van der Waals surface area (Å²) >= 11 is 0. The molecule has 4 aliphatic carbocycles. The summed E-state index contributed by atoms with van der Waals surface area (Å²) < 4.78 is 0. The summed E-state index contributed by atoms with van der Waals surface area (Å²) in [6.07, 6.45) is 8.27. The highest BCUT2D eigenvalue weighted by atomic mass is 14.6. The maximum Gasteiger partial charge on any atom is 0.0448 e. The summed E-state index contributed by atoms with van der Waals surface area (Å²) in [5, 5.41) is 8.71. The average molecular weight is 239 g/mol. The minimum Gasteiger partial charge on any atom is -0.304 e. The molecule has 1 nitrogen and oxygen atoms in total. The van der Waals surface area contributed by atoms with Gasteiger partial charge in [-0.25, -0.2) is 0 Å². The molecule has 1 aromatic rings. The molecule has 18 heavy (non-hydrogen) atoms. The highest BCUT2D eigenvalue weighted by molar-refractivity contribution is 6.02. The minimum atomic E-state index is 0.246. The summed E-state index contributed by atoms with van der Waals surface area (Å²) in [6, 6.07) is 10.5. The van der Waals surface area contributed by atoms with Crippen molar-refractivity contribution in [3.05, 3.63) is 35.9 Å². The van der Waals surface area contributed by atoms with Gasteiger partial charge in [0.2, 0.25) is 0 Å². The Labute approximate surface area is 109 Å². The van der Waals surface area contributed by atoms with Crippen molar-refractivity contribution in [1.82, 2.24) is 0 Å². The molecule has 4 fully saturated rings. The summed E-state index contributed by atoms with van der Waals surface area (Å²) in [5.41, 5.74) is 2.36. The van der Waals surface area contributed by atoms with Crippen LogP contribution in [0.2, 0.25) is 0 Å². The molecule has 0 aliphatic heterocycles. The predicted molar refractivity (Wildman–Crippen MR) is 73.9 cm³/mol. The van der Waals surface area contributed by atoms with Crippen molar-refractivity contribution in [3.8, 4) is 0 Å². The molecule has 0 atom stereocenters. The molecular weight excluding hydrogens is 218 g/mol. The fraction of sp³-hybridized carbons (Fsp3) is 0.588. The van der Waals surface area contributed by atoms with Crippen molar-refractivity contribution in [1.29, 1.82) is 5.41 Å². The van der Waals surface area contributed by atoms with Gasteiger partial charge in [-0.1, -0.05) is 30.3 Å². The summed E-state index contributed by atoms with van der Waals surface area (Å²) in [6.45, 7) is 0. The third kappa shape index (κ3) is 1.49. The third-order valence-corrected chi connectivity index (χ3v) is 5.63. The van der Waals surface area contributed by atoms with Gasteiger partial charge in [-0.3, -0.25) is 0 Å². The first-order chi connectivity index (χ1) is 8.75. The molecule has 5 rings (SSSR count). The second kappa shape index (κ2) is 3.69. The first-order valence-corrected chi connectivity index (χ1v) is 7.40. The molecule has 1 aromatic carbocycles. The Morgan fingerprint density at radius 1 is 0.889 bits per heavy atom. The Bertz CT molecular complexity index is 438. The molecule has 94 valence electrons. The summed E-state index contributed by atoms with van der Waals surface area (Å²) in [5.74, 6) is 2.79. The zero-order valence-corrected chi connectivity index (χ0v) is 10.9. The first kappa shape index (κ1) is 10.8. The van der Waals surface area contributed by atoms with Gasteiger partial charge in [0, 0.05) is 11.1 Å². The average Bonchev–Trinajstić information content (AvgIpc) is 2.37. The van der Waals surface area contributed by atoms with Crippen LogP contribution in [0.1, 0.15) is 44.1 Å². The van der Waals surface area contributed by atoms with Gasteiger partial charge >= 0.3 is 0 Å². The van der Waals surface area contributed by atoms with E-state index in [-0.39, 0.29) is 5.41 Å². The van der Waals surface area contributed by atoms with Gasteiger partial charge in [0.1, 0.15) is 0 Å². The Balaban J connectivity index is 1.70. The topological polar surface area (TPSA) is 23.9 Å². The Morgan fingerprint density at radius 2 is 1.39 bits per heavy atom. The van der Waals surface area contributed by atoms with Gasteiger partial charge in [0.05, 0.1) is 0 Å². The van der Waals surface area contributed by atoms with Crippen molar-refractivity contribution >= 4 is 5.71 Å². The van der Waals surface area contributed by atoms with Gasteiger partial charge in [0.25, 0.3) is 0 Å². The lowest BCUT2D eigenvalue weighted by Crippen LogP contribution is -2.50. The van der Waals surface area contributed by atoms with Gasteiger partial charge in [0.15, 0.2) is 0 Å². The molecule has 0 saturated heterocycles. The second-order valence-electron chi connectivity index (χ2n) is 6.94. The fourth-order valence-electron chi connectivity index (χ4n) is 5.33. The zero-order valence-electron chi connectivity index (χ0n) is 10.9. The summed E-state index contributed by atoms with van der Waals surface area (Å²) in [7, 11) is 0. The molecule has 4 saturated carbocycles. The third-order valence-electron chi connectivity index (χ3n) is 5.63. The number of benzene rings is 1. The molecule has 4 bridgehead atoms. The second-order valence-corrected chi connectivity index (χ2v) is 6.94. The lowest BCUT2D eigenvalue weighted by atomic mass is 9.48. The maximum atomic E-state index is 8.71. The molecule has 4 aliphatic rings. The quantitative estimate of drug-likeness (QED) is 0.745. The van der Waals surface area contributed by atoms with Crippen LogP contribution in [0.4, 0.5) is 0 Å². The zero-order chi connectivity index (χ0) is 12.2. The molecular formula is C17H21N. The van der Waals surface area contributed by atoms with Crippen molar-refractivity contribution < 1.29 is 0 Å². The number of nitrogens with one attached hydrogen (secondary N) is 1. The smallest absolute Gasteiger partial charge is 0.0448 e. The van der Waals surface area contributed by atoms with E-state index in [1.54, 1.807) is 0 Å². The molecule has 1 N–H and O–H groups in total. The Hall–Kier alpha value is -1.11. The Morgan fingerprint density at radius 3 is 1.89 bits per heavy atom. The van der Waals surface area contributed by atoms with E-state index in [4.69, 9.17) is 5.41 Å². The highest BCUT2D eigenvalue weighted by Gasteiger charge is 2.52. The van der Waals surface area contributed by atoms with Crippen LogP contribution in [0.3, 0.4) is 0 Å². The van der Waals surface area contributed by atoms with E-state index in [0.29, 0.717) is 0 Å². The van der Waals surface area contributed by atoms with Gasteiger partial charge < -0.3 is 5.41 Å². The molecule has 1 heteroatoms. The standard InChI is InChI=1S/C17H21N/c18-16(15-4-2-1-3-5-15)17-9-12-6-13(10-17)8-14(7-12)11-17/h1-5,12-14,18H,6-11H2. The van der Waals surface area contributed by atoms with Crippen LogP contribution in [0.25, 0.3) is 0 Å². The Kier molecular flexibility index (Phi) is 2.21. The van der Waals surface area contributed by atoms with E-state index in [0.717, 1.165) is 23.5 Å². The van der Waals surface area contributed by atoms with Crippen LogP contribution in [0.15, 0.2) is 30.3 Å². The molecule has 0 amide bonds. The monoisotopic (exact) mass is 239 g/mol. The molecule has 0 spiro atoms. The van der Waals surface area contributed by atoms with E-state index in [2.05, 4.69) is 30.3 Å². The molecule has 0 unspecified atom stereocenters. The normalized spacial score (nSPS) is 41.0. The lowest BCUT2D eigenvalue weighted by Gasteiger charge is -2.57. The van der Waals surface area contributed by atoms with E-state index in [1.165, 1.54) is 44.1 Å². The van der Waals surface area contributed by atoms with Gasteiger partial charge in [-0.2, -0.15) is 0 Å². The number of hydrogen-bond donors (Lipinski definition) is 1. The molecule has 0 heterocycles. The van der Waals surface area contributed by atoms with Crippen LogP contribution in [-0.4, -0.2) is 5.71 Å². The SMILES string of the molecule is N=C(c1ccccc1)C12CC3CC(CC(C3)C1)C2. The minimum absolute atomic E-state index is 0.246. The predicted octanol–water partition coefficient (Wildman–Crippen LogP) is 4.27. The van der Waals surface area contributed by atoms with Crippen molar-refractivity contribution in [2.45, 2.75) is 38.5 Å². The van der Waals surface area contributed by atoms with E-state index < -0.39 is 0 Å².